The first kappa shape index (κ1) is 12.9. The van der Waals surface area contributed by atoms with Crippen molar-refractivity contribution in [3.05, 3.63) is 47.9 Å². The van der Waals surface area contributed by atoms with Gasteiger partial charge in [0.25, 0.3) is 0 Å². The quantitative estimate of drug-likeness (QED) is 0.921. The Hall–Kier alpha value is -2.57. The fraction of sp³-hybridized carbons (Fsp3) is 0.0833. The molecule has 1 aromatic heterocycles. The van der Waals surface area contributed by atoms with Gasteiger partial charge >= 0.3 is 5.97 Å². The van der Waals surface area contributed by atoms with Gasteiger partial charge in [-0.25, -0.2) is 23.5 Å². The van der Waals surface area contributed by atoms with Gasteiger partial charge in [0.2, 0.25) is 0 Å². The first-order valence-corrected chi connectivity index (χ1v) is 5.23. The smallest absolute Gasteiger partial charge is 0.341 e. The number of carboxylic acids is 1. The number of hydrogen-bond acceptors (Lipinski definition) is 4. The summed E-state index contributed by atoms with van der Waals surface area (Å²) in [5.41, 5.74) is -0.310. The van der Waals surface area contributed by atoms with Crippen LogP contribution in [0.15, 0.2) is 30.7 Å². The Morgan fingerprint density at radius 2 is 2.11 bits per heavy atom. The zero-order valence-electron chi connectivity index (χ0n) is 9.84. The Bertz CT molecular complexity index is 634. The number of aromatic carboxylic acids is 1. The summed E-state index contributed by atoms with van der Waals surface area (Å²) in [6.07, 6.45) is 2.23. The van der Waals surface area contributed by atoms with E-state index in [1.54, 1.807) is 0 Å². The number of hydrogen-bond donors (Lipinski definition) is 1. The number of rotatable bonds is 3. The Morgan fingerprint density at radius 3 is 2.79 bits per heavy atom. The van der Waals surface area contributed by atoms with Crippen molar-refractivity contribution in [2.75, 3.05) is 11.9 Å². The predicted molar refractivity (Wildman–Crippen MR) is 63.4 cm³/mol. The van der Waals surface area contributed by atoms with E-state index in [0.29, 0.717) is 0 Å². The lowest BCUT2D eigenvalue weighted by Crippen LogP contribution is -2.17. The molecule has 5 nitrogen and oxygen atoms in total. The minimum absolute atomic E-state index is 0.0213. The van der Waals surface area contributed by atoms with Gasteiger partial charge in [-0.05, 0) is 12.1 Å². The second-order valence-electron chi connectivity index (χ2n) is 3.72. The van der Waals surface area contributed by atoms with E-state index in [0.717, 1.165) is 35.6 Å². The summed E-state index contributed by atoms with van der Waals surface area (Å²) in [4.78, 5) is 19.6. The van der Waals surface area contributed by atoms with Gasteiger partial charge in [-0.2, -0.15) is 0 Å². The van der Waals surface area contributed by atoms with Crippen molar-refractivity contribution in [3.63, 3.8) is 0 Å². The van der Waals surface area contributed by atoms with Crippen molar-refractivity contribution in [2.24, 2.45) is 0 Å². The highest BCUT2D eigenvalue weighted by Gasteiger charge is 2.18. The van der Waals surface area contributed by atoms with Crippen LogP contribution in [-0.4, -0.2) is 28.1 Å². The molecule has 0 aliphatic carbocycles. The summed E-state index contributed by atoms with van der Waals surface area (Å²) in [7, 11) is 1.40. The van der Waals surface area contributed by atoms with E-state index in [2.05, 4.69) is 9.97 Å². The molecule has 0 aliphatic heterocycles. The molecule has 0 bridgehead atoms. The zero-order chi connectivity index (χ0) is 14.0. The van der Waals surface area contributed by atoms with Gasteiger partial charge in [-0.15, -0.1) is 0 Å². The molecule has 0 amide bonds. The van der Waals surface area contributed by atoms with E-state index < -0.39 is 17.6 Å². The molecule has 2 rings (SSSR count). The standard InChI is InChI=1S/C12H9F2N3O2/c1-17(10-4-7(13)2-3-9(10)14)11-8(12(18)19)5-15-6-16-11/h2-6H,1H3,(H,18,19). The van der Waals surface area contributed by atoms with Crippen LogP contribution in [0.5, 0.6) is 0 Å². The Morgan fingerprint density at radius 1 is 1.37 bits per heavy atom. The van der Waals surface area contributed by atoms with Gasteiger partial charge in [0.1, 0.15) is 23.5 Å². The molecular formula is C12H9F2N3O2. The number of aromatic nitrogens is 2. The predicted octanol–water partition coefficient (Wildman–Crippen LogP) is 2.22. The third-order valence-electron chi connectivity index (χ3n) is 2.51. The molecule has 7 heteroatoms. The number of anilines is 2. The summed E-state index contributed by atoms with van der Waals surface area (Å²) in [5, 5.41) is 9.01. The molecule has 0 aliphatic rings. The lowest BCUT2D eigenvalue weighted by atomic mass is 10.2. The number of carbonyl (C=O) groups is 1. The van der Waals surface area contributed by atoms with E-state index in [9.17, 15) is 13.6 Å². The van der Waals surface area contributed by atoms with Crippen LogP contribution < -0.4 is 4.90 Å². The number of nitrogens with zero attached hydrogens (tertiary/aromatic N) is 3. The maximum absolute atomic E-state index is 13.6. The molecule has 1 heterocycles. The van der Waals surface area contributed by atoms with E-state index in [1.165, 1.54) is 7.05 Å². The first-order chi connectivity index (χ1) is 9.00. The van der Waals surface area contributed by atoms with E-state index in [4.69, 9.17) is 5.11 Å². The SMILES string of the molecule is CN(c1cc(F)ccc1F)c1ncncc1C(=O)O. The molecule has 0 saturated heterocycles. The van der Waals surface area contributed by atoms with Crippen molar-refractivity contribution in [1.82, 2.24) is 9.97 Å². The number of benzene rings is 1. The van der Waals surface area contributed by atoms with Gasteiger partial charge in [0.15, 0.2) is 5.82 Å². The molecule has 2 aromatic rings. The normalized spacial score (nSPS) is 10.3. The topological polar surface area (TPSA) is 66.3 Å². The molecule has 0 saturated carbocycles. The van der Waals surface area contributed by atoms with E-state index >= 15 is 0 Å². The van der Waals surface area contributed by atoms with Gasteiger partial charge in [-0.1, -0.05) is 0 Å². The van der Waals surface area contributed by atoms with Crippen molar-refractivity contribution in [1.29, 1.82) is 0 Å². The first-order valence-electron chi connectivity index (χ1n) is 5.23. The second-order valence-corrected chi connectivity index (χ2v) is 3.72. The summed E-state index contributed by atoms with van der Waals surface area (Å²) >= 11 is 0. The number of halogens is 2. The molecule has 1 aromatic carbocycles. The third-order valence-corrected chi connectivity index (χ3v) is 2.51. The Kier molecular flexibility index (Phi) is 3.37. The molecule has 0 radical (unpaired) electrons. The minimum atomic E-state index is -1.25. The van der Waals surface area contributed by atoms with E-state index in [-0.39, 0.29) is 17.1 Å². The van der Waals surface area contributed by atoms with Crippen LogP contribution in [0.4, 0.5) is 20.3 Å². The zero-order valence-corrected chi connectivity index (χ0v) is 9.84. The summed E-state index contributed by atoms with van der Waals surface area (Å²) in [5.74, 6) is -2.58. The van der Waals surface area contributed by atoms with Crippen LogP contribution in [-0.2, 0) is 0 Å². The average molecular weight is 265 g/mol. The van der Waals surface area contributed by atoms with Crippen LogP contribution in [0.1, 0.15) is 10.4 Å². The fourth-order valence-corrected chi connectivity index (χ4v) is 1.60. The lowest BCUT2D eigenvalue weighted by molar-refractivity contribution is 0.0697. The van der Waals surface area contributed by atoms with Gasteiger partial charge in [0.05, 0.1) is 5.69 Å². The highest BCUT2D eigenvalue weighted by atomic mass is 19.1. The molecule has 0 atom stereocenters. The molecule has 0 fully saturated rings. The summed E-state index contributed by atoms with van der Waals surface area (Å²) < 4.78 is 26.8. The van der Waals surface area contributed by atoms with Gasteiger partial charge in [-0.3, -0.25) is 0 Å². The largest absolute Gasteiger partial charge is 0.477 e. The van der Waals surface area contributed by atoms with Crippen LogP contribution in [0.3, 0.4) is 0 Å². The fourth-order valence-electron chi connectivity index (χ4n) is 1.60. The highest BCUT2D eigenvalue weighted by molar-refractivity contribution is 5.93. The molecule has 19 heavy (non-hydrogen) atoms. The monoisotopic (exact) mass is 265 g/mol. The van der Waals surface area contributed by atoms with Gasteiger partial charge in [0, 0.05) is 19.3 Å². The minimum Gasteiger partial charge on any atom is -0.477 e. The highest BCUT2D eigenvalue weighted by Crippen LogP contribution is 2.27. The third kappa shape index (κ3) is 2.49. The molecule has 98 valence electrons. The van der Waals surface area contributed by atoms with E-state index in [1.807, 2.05) is 0 Å². The molecule has 0 spiro atoms. The summed E-state index contributed by atoms with van der Waals surface area (Å²) in [6, 6.07) is 2.90. The van der Waals surface area contributed by atoms with Gasteiger partial charge < -0.3 is 10.0 Å². The van der Waals surface area contributed by atoms with Crippen molar-refractivity contribution in [3.8, 4) is 0 Å². The van der Waals surface area contributed by atoms with Crippen LogP contribution in [0.2, 0.25) is 0 Å². The van der Waals surface area contributed by atoms with Crippen LogP contribution >= 0.6 is 0 Å². The van der Waals surface area contributed by atoms with Crippen molar-refractivity contribution < 1.29 is 18.7 Å². The second kappa shape index (κ2) is 4.97. The molecular weight excluding hydrogens is 256 g/mol. The lowest BCUT2D eigenvalue weighted by Gasteiger charge is -2.20. The maximum atomic E-state index is 13.6. The Labute approximate surface area is 107 Å². The summed E-state index contributed by atoms with van der Waals surface area (Å²) in [6.45, 7) is 0. The van der Waals surface area contributed by atoms with Crippen molar-refractivity contribution >= 4 is 17.5 Å². The average Bonchev–Trinajstić information content (AvgIpc) is 2.40. The van der Waals surface area contributed by atoms with Crippen molar-refractivity contribution in [2.45, 2.75) is 0 Å². The number of carboxylic acid groups (broad SMARTS) is 1. The molecule has 0 unspecified atom stereocenters. The molecule has 1 N–H and O–H groups in total. The Balaban J connectivity index is 2.53. The van der Waals surface area contributed by atoms with Crippen LogP contribution in [0.25, 0.3) is 0 Å². The van der Waals surface area contributed by atoms with Crippen LogP contribution in [0, 0.1) is 11.6 Å². The maximum Gasteiger partial charge on any atom is 0.341 e.